The van der Waals surface area contributed by atoms with Crippen LogP contribution in [-0.4, -0.2) is 21.8 Å². The Morgan fingerprint density at radius 1 is 1.14 bits per heavy atom. The summed E-state index contributed by atoms with van der Waals surface area (Å²) >= 11 is 2.07. The second kappa shape index (κ2) is 7.10. The Balaban J connectivity index is 1.65. The lowest BCUT2D eigenvalue weighted by molar-refractivity contribution is 0.458. The Labute approximate surface area is 132 Å². The molecule has 3 nitrogen and oxygen atoms in total. The summed E-state index contributed by atoms with van der Waals surface area (Å²) in [5.74, 6) is 2.66. The van der Waals surface area contributed by atoms with Crippen LogP contribution in [0.25, 0.3) is 0 Å². The molecule has 2 aliphatic carbocycles. The molecule has 4 heteroatoms. The average molecular weight is 305 g/mol. The first kappa shape index (κ1) is 15.3. The van der Waals surface area contributed by atoms with Crippen molar-refractivity contribution >= 4 is 11.8 Å². The van der Waals surface area contributed by atoms with Crippen LogP contribution in [0.5, 0.6) is 0 Å². The highest BCUT2D eigenvalue weighted by Gasteiger charge is 2.22. The van der Waals surface area contributed by atoms with Gasteiger partial charge in [0.25, 0.3) is 0 Å². The molecule has 0 aromatic carbocycles. The van der Waals surface area contributed by atoms with Gasteiger partial charge in [-0.2, -0.15) is 11.8 Å². The number of hydrogen-bond acceptors (Lipinski definition) is 4. The number of nitrogens with zero attached hydrogens (tertiary/aromatic N) is 2. The third-order valence-electron chi connectivity index (χ3n) is 4.96. The number of fused-ring (bicyclic) bond motifs is 1. The van der Waals surface area contributed by atoms with Crippen LogP contribution in [-0.2, 0) is 18.6 Å². The number of hydrogen-bond donors (Lipinski definition) is 1. The van der Waals surface area contributed by atoms with Crippen molar-refractivity contribution in [1.29, 1.82) is 0 Å². The summed E-state index contributed by atoms with van der Waals surface area (Å²) in [5, 5.41) is 0.834. The minimum atomic E-state index is 0.627. The zero-order chi connectivity index (χ0) is 14.7. The van der Waals surface area contributed by atoms with Crippen molar-refractivity contribution in [3.8, 4) is 0 Å². The fourth-order valence-electron chi connectivity index (χ4n) is 3.61. The summed E-state index contributed by atoms with van der Waals surface area (Å²) in [6.07, 6.45) is 10.3. The molecule has 1 atom stereocenters. The van der Waals surface area contributed by atoms with E-state index < -0.39 is 0 Å². The van der Waals surface area contributed by atoms with Crippen molar-refractivity contribution in [2.75, 3.05) is 6.54 Å². The van der Waals surface area contributed by atoms with Gasteiger partial charge < -0.3 is 5.73 Å². The van der Waals surface area contributed by atoms with Gasteiger partial charge in [0.2, 0.25) is 0 Å². The monoisotopic (exact) mass is 305 g/mol. The van der Waals surface area contributed by atoms with Crippen molar-refractivity contribution in [2.24, 2.45) is 11.7 Å². The fraction of sp³-hybridized carbons (Fsp3) is 0.765. The van der Waals surface area contributed by atoms with Crippen LogP contribution >= 0.6 is 11.8 Å². The molecule has 1 aromatic rings. The van der Waals surface area contributed by atoms with Gasteiger partial charge >= 0.3 is 0 Å². The predicted molar refractivity (Wildman–Crippen MR) is 89.5 cm³/mol. The lowest BCUT2D eigenvalue weighted by Crippen LogP contribution is -2.24. The fourth-order valence-corrected chi connectivity index (χ4v) is 4.79. The summed E-state index contributed by atoms with van der Waals surface area (Å²) in [7, 11) is 0. The lowest BCUT2D eigenvalue weighted by atomic mass is 9.86. The average Bonchev–Trinajstić information content (AvgIpc) is 2.54. The molecule has 1 aromatic heterocycles. The zero-order valence-corrected chi connectivity index (χ0v) is 13.9. The second-order valence-corrected chi connectivity index (χ2v) is 7.85. The molecule has 2 N–H and O–H groups in total. The molecule has 0 amide bonds. The van der Waals surface area contributed by atoms with Gasteiger partial charge in [-0.25, -0.2) is 9.97 Å². The topological polar surface area (TPSA) is 51.8 Å². The van der Waals surface area contributed by atoms with Crippen molar-refractivity contribution in [1.82, 2.24) is 9.97 Å². The van der Waals surface area contributed by atoms with Crippen LogP contribution in [0.15, 0.2) is 0 Å². The molecule has 3 rings (SSSR count). The predicted octanol–water partition coefficient (Wildman–Crippen LogP) is 3.41. The maximum Gasteiger partial charge on any atom is 0.138 e. The maximum atomic E-state index is 5.83. The van der Waals surface area contributed by atoms with E-state index in [1.165, 1.54) is 55.5 Å². The Bertz CT molecular complexity index is 483. The van der Waals surface area contributed by atoms with E-state index in [4.69, 9.17) is 15.7 Å². The summed E-state index contributed by atoms with van der Waals surface area (Å²) in [6, 6.07) is 0. The van der Waals surface area contributed by atoms with Gasteiger partial charge in [-0.05, 0) is 57.1 Å². The number of nitrogens with two attached hydrogens (primary N) is 1. The van der Waals surface area contributed by atoms with Gasteiger partial charge in [0, 0.05) is 16.6 Å². The lowest BCUT2D eigenvalue weighted by Gasteiger charge is -2.25. The molecule has 1 unspecified atom stereocenters. The largest absolute Gasteiger partial charge is 0.330 e. The zero-order valence-electron chi connectivity index (χ0n) is 13.1. The quantitative estimate of drug-likeness (QED) is 0.926. The highest BCUT2D eigenvalue weighted by molar-refractivity contribution is 7.99. The van der Waals surface area contributed by atoms with Gasteiger partial charge in [0.15, 0.2) is 0 Å². The summed E-state index contributed by atoms with van der Waals surface area (Å²) in [6.45, 7) is 2.94. The first-order chi connectivity index (χ1) is 10.3. The van der Waals surface area contributed by atoms with Crippen LogP contribution in [0, 0.1) is 12.8 Å². The van der Waals surface area contributed by atoms with E-state index in [2.05, 4.69) is 18.7 Å². The SMILES string of the molecule is Cc1nc(CSC2CCCCC2)nc2c1CC(CN)CC2. The molecule has 0 bridgehead atoms. The van der Waals surface area contributed by atoms with Gasteiger partial charge in [0.05, 0.1) is 5.75 Å². The Hall–Kier alpha value is -0.610. The molecular formula is C17H27N3S. The second-order valence-electron chi connectivity index (χ2n) is 6.57. The van der Waals surface area contributed by atoms with Crippen molar-refractivity contribution in [3.05, 3.63) is 22.8 Å². The maximum absolute atomic E-state index is 5.83. The van der Waals surface area contributed by atoms with E-state index in [-0.39, 0.29) is 0 Å². The van der Waals surface area contributed by atoms with E-state index >= 15 is 0 Å². The molecule has 1 saturated carbocycles. The molecular weight excluding hydrogens is 278 g/mol. The van der Waals surface area contributed by atoms with E-state index in [1.54, 1.807) is 0 Å². The van der Waals surface area contributed by atoms with E-state index in [9.17, 15) is 0 Å². The third kappa shape index (κ3) is 3.78. The Morgan fingerprint density at radius 3 is 2.71 bits per heavy atom. The normalized spacial score (nSPS) is 23.0. The van der Waals surface area contributed by atoms with Crippen LogP contribution < -0.4 is 5.73 Å². The number of thioether (sulfide) groups is 1. The number of aryl methyl sites for hydroxylation is 2. The Morgan fingerprint density at radius 2 is 1.95 bits per heavy atom. The molecule has 1 heterocycles. The molecule has 0 saturated heterocycles. The molecule has 0 spiro atoms. The first-order valence-corrected chi connectivity index (χ1v) is 9.48. The van der Waals surface area contributed by atoms with E-state index in [1.807, 2.05) is 0 Å². The van der Waals surface area contributed by atoms with Crippen molar-refractivity contribution in [3.63, 3.8) is 0 Å². The van der Waals surface area contributed by atoms with E-state index in [0.717, 1.165) is 36.2 Å². The summed E-state index contributed by atoms with van der Waals surface area (Å²) in [5.41, 5.74) is 9.69. The number of aromatic nitrogens is 2. The van der Waals surface area contributed by atoms with Crippen LogP contribution in [0.1, 0.15) is 61.3 Å². The van der Waals surface area contributed by atoms with Gasteiger partial charge in [0.1, 0.15) is 5.82 Å². The van der Waals surface area contributed by atoms with Crippen LogP contribution in [0.2, 0.25) is 0 Å². The third-order valence-corrected chi connectivity index (χ3v) is 6.33. The molecule has 116 valence electrons. The van der Waals surface area contributed by atoms with Crippen LogP contribution in [0.3, 0.4) is 0 Å². The van der Waals surface area contributed by atoms with E-state index in [0.29, 0.717) is 5.92 Å². The molecule has 0 radical (unpaired) electrons. The van der Waals surface area contributed by atoms with Crippen LogP contribution in [0.4, 0.5) is 0 Å². The molecule has 21 heavy (non-hydrogen) atoms. The molecule has 2 aliphatic rings. The highest BCUT2D eigenvalue weighted by atomic mass is 32.2. The van der Waals surface area contributed by atoms with Crippen molar-refractivity contribution in [2.45, 2.75) is 69.3 Å². The standard InChI is InChI=1S/C17H27N3S/c1-12-15-9-13(10-18)7-8-16(15)20-17(19-12)11-21-14-5-3-2-4-6-14/h13-14H,2-11,18H2,1H3. The van der Waals surface area contributed by atoms with Gasteiger partial charge in [-0.15, -0.1) is 0 Å². The Kier molecular flexibility index (Phi) is 5.17. The van der Waals surface area contributed by atoms with Crippen molar-refractivity contribution < 1.29 is 0 Å². The smallest absolute Gasteiger partial charge is 0.138 e. The van der Waals surface area contributed by atoms with Gasteiger partial charge in [-0.1, -0.05) is 19.3 Å². The number of rotatable bonds is 4. The summed E-state index contributed by atoms with van der Waals surface area (Å²) < 4.78 is 0. The minimum absolute atomic E-state index is 0.627. The minimum Gasteiger partial charge on any atom is -0.330 e. The summed E-state index contributed by atoms with van der Waals surface area (Å²) in [4.78, 5) is 9.62. The highest BCUT2D eigenvalue weighted by Crippen LogP contribution is 2.31. The van der Waals surface area contributed by atoms with Gasteiger partial charge in [-0.3, -0.25) is 0 Å². The first-order valence-electron chi connectivity index (χ1n) is 8.43. The molecule has 0 aliphatic heterocycles. The molecule has 1 fully saturated rings.